The largest absolute Gasteiger partial charge is 0.495 e. The molecule has 6 nitrogen and oxygen atoms in total. The summed E-state index contributed by atoms with van der Waals surface area (Å²) in [5, 5.41) is 2.84. The number of carbonyl (C=O) groups excluding carboxylic acids is 1. The molecular weight excluding hydrogens is 375 g/mol. The highest BCUT2D eigenvalue weighted by atomic mass is 35.5. The van der Waals surface area contributed by atoms with Crippen molar-refractivity contribution in [3.63, 3.8) is 0 Å². The second-order valence-electron chi connectivity index (χ2n) is 4.75. The lowest BCUT2D eigenvalue weighted by Gasteiger charge is -2.13. The number of carbonyl (C=O) groups is 1. The second kappa shape index (κ2) is 7.29. The predicted molar refractivity (Wildman–Crippen MR) is 94.6 cm³/mol. The highest BCUT2D eigenvalue weighted by Crippen LogP contribution is 2.32. The van der Waals surface area contributed by atoms with Crippen LogP contribution in [-0.4, -0.2) is 21.4 Å². The molecule has 128 valence electrons. The molecule has 0 bridgehead atoms. The lowest BCUT2D eigenvalue weighted by molar-refractivity contribution is -0.114. The van der Waals surface area contributed by atoms with Gasteiger partial charge in [-0.05, 0) is 30.3 Å². The van der Waals surface area contributed by atoms with Gasteiger partial charge in [0.15, 0.2) is 0 Å². The third kappa shape index (κ3) is 4.11. The van der Waals surface area contributed by atoms with Crippen molar-refractivity contribution in [3.05, 3.63) is 46.4 Å². The molecule has 24 heavy (non-hydrogen) atoms. The highest BCUT2D eigenvalue weighted by molar-refractivity contribution is 7.92. The molecular formula is C15H14Cl2N2O4S. The molecule has 2 rings (SSSR count). The standard InChI is InChI=1S/C15H14Cl2N2O4S/c1-9(20)18-13-8-10(6-7-14(13)23-2)24(21,22)19-12-5-3-4-11(16)15(12)17/h3-8,19H,1-2H3,(H,18,20). The van der Waals surface area contributed by atoms with Crippen molar-refractivity contribution in [2.24, 2.45) is 0 Å². The van der Waals surface area contributed by atoms with Crippen LogP contribution in [0.4, 0.5) is 11.4 Å². The minimum Gasteiger partial charge on any atom is -0.495 e. The summed E-state index contributed by atoms with van der Waals surface area (Å²) in [5.41, 5.74) is 0.395. The van der Waals surface area contributed by atoms with Gasteiger partial charge in [-0.3, -0.25) is 9.52 Å². The normalized spacial score (nSPS) is 11.0. The van der Waals surface area contributed by atoms with Crippen molar-refractivity contribution >= 4 is 50.5 Å². The van der Waals surface area contributed by atoms with Crippen molar-refractivity contribution in [2.75, 3.05) is 17.1 Å². The number of halogens is 2. The molecule has 2 N–H and O–H groups in total. The van der Waals surface area contributed by atoms with E-state index in [0.717, 1.165) is 0 Å². The van der Waals surface area contributed by atoms with Crippen LogP contribution < -0.4 is 14.8 Å². The van der Waals surface area contributed by atoms with E-state index in [9.17, 15) is 13.2 Å². The van der Waals surface area contributed by atoms with E-state index in [1.54, 1.807) is 12.1 Å². The summed E-state index contributed by atoms with van der Waals surface area (Å²) in [4.78, 5) is 11.2. The Morgan fingerprint density at radius 2 is 1.83 bits per heavy atom. The molecule has 0 heterocycles. The molecule has 2 aromatic rings. The summed E-state index contributed by atoms with van der Waals surface area (Å²) in [6, 6.07) is 8.70. The topological polar surface area (TPSA) is 84.5 Å². The molecule has 0 saturated heterocycles. The van der Waals surface area contributed by atoms with Gasteiger partial charge in [-0.15, -0.1) is 0 Å². The summed E-state index contributed by atoms with van der Waals surface area (Å²) in [7, 11) is -2.52. The number of nitrogens with one attached hydrogen (secondary N) is 2. The molecule has 0 unspecified atom stereocenters. The van der Waals surface area contributed by atoms with E-state index < -0.39 is 10.0 Å². The van der Waals surface area contributed by atoms with Crippen LogP contribution in [0, 0.1) is 0 Å². The molecule has 0 aliphatic carbocycles. The number of hydrogen-bond acceptors (Lipinski definition) is 4. The van der Waals surface area contributed by atoms with Crippen molar-refractivity contribution in [2.45, 2.75) is 11.8 Å². The first-order valence-corrected chi connectivity index (χ1v) is 8.91. The molecule has 0 atom stereocenters. The van der Waals surface area contributed by atoms with Gasteiger partial charge in [-0.2, -0.15) is 0 Å². The zero-order valence-corrected chi connectivity index (χ0v) is 15.1. The average molecular weight is 389 g/mol. The van der Waals surface area contributed by atoms with Crippen LogP contribution in [0.15, 0.2) is 41.3 Å². The van der Waals surface area contributed by atoms with E-state index >= 15 is 0 Å². The first-order chi connectivity index (χ1) is 11.2. The van der Waals surface area contributed by atoms with E-state index in [-0.39, 0.29) is 32.2 Å². The fourth-order valence-electron chi connectivity index (χ4n) is 1.93. The molecule has 0 saturated carbocycles. The smallest absolute Gasteiger partial charge is 0.262 e. The highest BCUT2D eigenvalue weighted by Gasteiger charge is 2.19. The van der Waals surface area contributed by atoms with Crippen LogP contribution in [0.2, 0.25) is 10.0 Å². The van der Waals surface area contributed by atoms with Gasteiger partial charge in [0.25, 0.3) is 10.0 Å². The van der Waals surface area contributed by atoms with Gasteiger partial charge in [0.05, 0.1) is 33.4 Å². The quantitative estimate of drug-likeness (QED) is 0.816. The van der Waals surface area contributed by atoms with E-state index in [1.165, 1.54) is 38.3 Å². The fraction of sp³-hybridized carbons (Fsp3) is 0.133. The van der Waals surface area contributed by atoms with E-state index in [4.69, 9.17) is 27.9 Å². The van der Waals surface area contributed by atoms with Gasteiger partial charge in [0.2, 0.25) is 5.91 Å². The SMILES string of the molecule is COc1ccc(S(=O)(=O)Nc2cccc(Cl)c2Cl)cc1NC(C)=O. The van der Waals surface area contributed by atoms with Crippen molar-refractivity contribution < 1.29 is 17.9 Å². The second-order valence-corrected chi connectivity index (χ2v) is 7.22. The third-order valence-corrected chi connectivity index (χ3v) is 5.17. The summed E-state index contributed by atoms with van der Waals surface area (Å²) < 4.78 is 32.5. The molecule has 0 spiro atoms. The average Bonchev–Trinajstić information content (AvgIpc) is 2.51. The van der Waals surface area contributed by atoms with Crippen LogP contribution in [-0.2, 0) is 14.8 Å². The van der Waals surface area contributed by atoms with Crippen LogP contribution >= 0.6 is 23.2 Å². The first kappa shape index (κ1) is 18.4. The van der Waals surface area contributed by atoms with Gasteiger partial charge in [0.1, 0.15) is 5.75 Å². The molecule has 0 radical (unpaired) electrons. The van der Waals surface area contributed by atoms with Crippen LogP contribution in [0.3, 0.4) is 0 Å². The minimum atomic E-state index is -3.94. The summed E-state index contributed by atoms with van der Waals surface area (Å²) >= 11 is 11.9. The lowest BCUT2D eigenvalue weighted by Crippen LogP contribution is -2.14. The Morgan fingerprint density at radius 3 is 2.46 bits per heavy atom. The number of methoxy groups -OCH3 is 1. The molecule has 0 aliphatic rings. The lowest BCUT2D eigenvalue weighted by atomic mass is 10.3. The Kier molecular flexibility index (Phi) is 5.58. The maximum Gasteiger partial charge on any atom is 0.262 e. The number of benzene rings is 2. The van der Waals surface area contributed by atoms with Gasteiger partial charge < -0.3 is 10.1 Å². The van der Waals surface area contributed by atoms with Gasteiger partial charge in [-0.25, -0.2) is 8.42 Å². The van der Waals surface area contributed by atoms with Crippen LogP contribution in [0.5, 0.6) is 5.75 Å². The predicted octanol–water partition coefficient (Wildman–Crippen LogP) is 3.76. The molecule has 1 amide bonds. The van der Waals surface area contributed by atoms with Crippen LogP contribution in [0.1, 0.15) is 6.92 Å². The summed E-state index contributed by atoms with van der Waals surface area (Å²) in [6.45, 7) is 1.31. The molecule has 2 aromatic carbocycles. The number of amides is 1. The number of hydrogen-bond donors (Lipinski definition) is 2. The monoisotopic (exact) mass is 388 g/mol. The maximum atomic E-state index is 12.5. The number of rotatable bonds is 5. The van der Waals surface area contributed by atoms with E-state index in [2.05, 4.69) is 10.0 Å². The Hall–Kier alpha value is -1.96. The third-order valence-electron chi connectivity index (χ3n) is 2.99. The Bertz CT molecular complexity index is 885. The van der Waals surface area contributed by atoms with Crippen molar-refractivity contribution in [1.82, 2.24) is 0 Å². The van der Waals surface area contributed by atoms with Gasteiger partial charge >= 0.3 is 0 Å². The number of ether oxygens (including phenoxy) is 1. The minimum absolute atomic E-state index is 0.0666. The molecule has 9 heteroatoms. The van der Waals surface area contributed by atoms with Crippen molar-refractivity contribution in [1.29, 1.82) is 0 Å². The zero-order chi connectivity index (χ0) is 17.9. The van der Waals surface area contributed by atoms with E-state index in [1.807, 2.05) is 0 Å². The first-order valence-electron chi connectivity index (χ1n) is 6.67. The van der Waals surface area contributed by atoms with Gasteiger partial charge in [-0.1, -0.05) is 29.3 Å². The molecule has 0 fully saturated rings. The van der Waals surface area contributed by atoms with Gasteiger partial charge in [0, 0.05) is 6.92 Å². The van der Waals surface area contributed by atoms with E-state index in [0.29, 0.717) is 5.75 Å². The maximum absolute atomic E-state index is 12.5. The zero-order valence-electron chi connectivity index (χ0n) is 12.8. The fourth-order valence-corrected chi connectivity index (χ4v) is 3.43. The molecule has 0 aromatic heterocycles. The summed E-state index contributed by atoms with van der Waals surface area (Å²) in [6.07, 6.45) is 0. The Balaban J connectivity index is 2.42. The number of anilines is 2. The molecule has 0 aliphatic heterocycles. The van der Waals surface area contributed by atoms with Crippen LogP contribution in [0.25, 0.3) is 0 Å². The Morgan fingerprint density at radius 1 is 1.12 bits per heavy atom. The Labute approximate surface area is 149 Å². The van der Waals surface area contributed by atoms with Crippen molar-refractivity contribution in [3.8, 4) is 5.75 Å². The summed E-state index contributed by atoms with van der Waals surface area (Å²) in [5.74, 6) is -0.0152. The number of sulfonamides is 1.